The first-order valence-corrected chi connectivity index (χ1v) is 3.63. The Morgan fingerprint density at radius 3 is 2.58 bits per heavy atom. The highest BCUT2D eigenvalue weighted by Gasteiger charge is 1.91. The highest BCUT2D eigenvalue weighted by molar-refractivity contribution is 5.67. The van der Waals surface area contributed by atoms with Crippen molar-refractivity contribution in [3.63, 3.8) is 0 Å². The van der Waals surface area contributed by atoms with Crippen molar-refractivity contribution in [3.8, 4) is 0 Å². The summed E-state index contributed by atoms with van der Waals surface area (Å²) >= 11 is 0. The summed E-state index contributed by atoms with van der Waals surface area (Å²) in [6.45, 7) is 1.54. The molecule has 0 fully saturated rings. The summed E-state index contributed by atoms with van der Waals surface area (Å²) in [4.78, 5) is 20.3. The molecule has 0 radical (unpaired) electrons. The van der Waals surface area contributed by atoms with Gasteiger partial charge in [-0.1, -0.05) is 12.2 Å². The second-order valence-corrected chi connectivity index (χ2v) is 2.21. The summed E-state index contributed by atoms with van der Waals surface area (Å²) in [5.74, 6) is -1.16. The zero-order valence-electron chi connectivity index (χ0n) is 6.95. The van der Waals surface area contributed by atoms with Gasteiger partial charge in [-0.15, -0.1) is 0 Å². The number of allylic oxidation sites excluding steroid dienone is 1. The van der Waals surface area contributed by atoms with E-state index in [4.69, 9.17) is 5.11 Å². The molecule has 0 amide bonds. The van der Waals surface area contributed by atoms with Crippen molar-refractivity contribution in [2.75, 3.05) is 6.61 Å². The third kappa shape index (κ3) is 8.68. The van der Waals surface area contributed by atoms with E-state index in [-0.39, 0.29) is 19.0 Å². The molecule has 0 aliphatic carbocycles. The molecule has 0 bridgehead atoms. The molecule has 0 aromatic carbocycles. The fourth-order valence-electron chi connectivity index (χ4n) is 0.558. The number of rotatable bonds is 5. The smallest absolute Gasteiger partial charge is 0.303 e. The maximum absolute atomic E-state index is 10.2. The lowest BCUT2D eigenvalue weighted by atomic mass is 10.3. The van der Waals surface area contributed by atoms with Crippen LogP contribution in [0.3, 0.4) is 0 Å². The Kier molecular flexibility index (Phi) is 5.69. The number of carbonyl (C=O) groups excluding carboxylic acids is 1. The van der Waals surface area contributed by atoms with Crippen LogP contribution in [0.2, 0.25) is 0 Å². The summed E-state index contributed by atoms with van der Waals surface area (Å²) < 4.78 is 4.58. The molecule has 0 rings (SSSR count). The monoisotopic (exact) mass is 172 g/mol. The van der Waals surface area contributed by atoms with Crippen LogP contribution in [0.1, 0.15) is 19.8 Å². The number of hydrogen-bond acceptors (Lipinski definition) is 3. The Morgan fingerprint density at radius 2 is 2.08 bits per heavy atom. The summed E-state index contributed by atoms with van der Waals surface area (Å²) in [6, 6.07) is 0. The number of ether oxygens (including phenoxy) is 1. The number of esters is 1. The molecule has 0 aliphatic heterocycles. The molecular weight excluding hydrogens is 160 g/mol. The van der Waals surface area contributed by atoms with Crippen molar-refractivity contribution in [1.82, 2.24) is 0 Å². The third-order valence-electron chi connectivity index (χ3n) is 1.07. The van der Waals surface area contributed by atoms with Gasteiger partial charge in [0.25, 0.3) is 0 Å². The molecule has 0 aromatic rings. The second kappa shape index (κ2) is 6.39. The fraction of sp³-hybridized carbons (Fsp3) is 0.500. The van der Waals surface area contributed by atoms with Crippen LogP contribution >= 0.6 is 0 Å². The van der Waals surface area contributed by atoms with E-state index in [9.17, 15) is 9.59 Å². The van der Waals surface area contributed by atoms with E-state index >= 15 is 0 Å². The predicted molar refractivity (Wildman–Crippen MR) is 42.6 cm³/mol. The van der Waals surface area contributed by atoms with Gasteiger partial charge in [-0.3, -0.25) is 9.59 Å². The predicted octanol–water partition coefficient (Wildman–Crippen LogP) is 0.970. The third-order valence-corrected chi connectivity index (χ3v) is 1.07. The van der Waals surface area contributed by atoms with E-state index in [1.807, 2.05) is 0 Å². The van der Waals surface area contributed by atoms with Crippen LogP contribution in [-0.2, 0) is 14.3 Å². The van der Waals surface area contributed by atoms with E-state index in [0.717, 1.165) is 0 Å². The van der Waals surface area contributed by atoms with E-state index in [2.05, 4.69) is 4.74 Å². The lowest BCUT2D eigenvalue weighted by molar-refractivity contribution is -0.140. The normalized spacial score (nSPS) is 10.1. The van der Waals surface area contributed by atoms with Crippen molar-refractivity contribution in [1.29, 1.82) is 0 Å². The Hall–Kier alpha value is -1.32. The average molecular weight is 172 g/mol. The largest absolute Gasteiger partial charge is 0.481 e. The molecule has 0 aromatic heterocycles. The molecule has 12 heavy (non-hydrogen) atoms. The van der Waals surface area contributed by atoms with E-state index in [0.29, 0.717) is 6.42 Å². The van der Waals surface area contributed by atoms with Gasteiger partial charge in [0.1, 0.15) is 6.61 Å². The molecule has 4 heteroatoms. The maximum Gasteiger partial charge on any atom is 0.303 e. The highest BCUT2D eigenvalue weighted by atomic mass is 16.5. The summed E-state index contributed by atoms with van der Waals surface area (Å²) in [5.41, 5.74) is 0. The lowest BCUT2D eigenvalue weighted by Gasteiger charge is -1.93. The number of hydrogen-bond donors (Lipinski definition) is 1. The molecule has 0 saturated heterocycles. The van der Waals surface area contributed by atoms with Crippen LogP contribution < -0.4 is 0 Å². The van der Waals surface area contributed by atoms with Crippen LogP contribution in [0.5, 0.6) is 0 Å². The molecule has 0 unspecified atom stereocenters. The molecule has 4 nitrogen and oxygen atoms in total. The summed E-state index contributed by atoms with van der Waals surface area (Å²) in [7, 11) is 0. The van der Waals surface area contributed by atoms with E-state index in [1.165, 1.54) is 6.92 Å². The van der Waals surface area contributed by atoms with Gasteiger partial charge in [0, 0.05) is 13.3 Å². The first kappa shape index (κ1) is 10.7. The minimum Gasteiger partial charge on any atom is -0.481 e. The topological polar surface area (TPSA) is 63.6 Å². The average Bonchev–Trinajstić information content (AvgIpc) is 1.95. The Bertz CT molecular complexity index is 163. The Balaban J connectivity index is 3.26. The molecule has 0 heterocycles. The maximum atomic E-state index is 10.2. The van der Waals surface area contributed by atoms with Crippen LogP contribution in [0.15, 0.2) is 12.2 Å². The number of carboxylic acids is 1. The SMILES string of the molecule is CC(=O)OC/C=C/CCC(=O)O. The van der Waals surface area contributed by atoms with Crippen molar-refractivity contribution in [2.45, 2.75) is 19.8 Å². The summed E-state index contributed by atoms with van der Waals surface area (Å²) in [6.07, 6.45) is 3.88. The van der Waals surface area contributed by atoms with E-state index < -0.39 is 5.97 Å². The van der Waals surface area contributed by atoms with Gasteiger partial charge < -0.3 is 9.84 Å². The number of carbonyl (C=O) groups is 2. The van der Waals surface area contributed by atoms with Crippen LogP contribution in [-0.4, -0.2) is 23.7 Å². The minimum absolute atomic E-state index is 0.108. The van der Waals surface area contributed by atoms with Crippen molar-refractivity contribution < 1.29 is 19.4 Å². The summed E-state index contributed by atoms with van der Waals surface area (Å²) in [5, 5.41) is 8.24. The first-order chi connectivity index (χ1) is 5.63. The minimum atomic E-state index is -0.827. The fourth-order valence-corrected chi connectivity index (χ4v) is 0.558. The second-order valence-electron chi connectivity index (χ2n) is 2.21. The first-order valence-electron chi connectivity index (χ1n) is 3.63. The van der Waals surface area contributed by atoms with Gasteiger partial charge in [0.2, 0.25) is 0 Å². The van der Waals surface area contributed by atoms with Crippen LogP contribution in [0.4, 0.5) is 0 Å². The number of carboxylic acid groups (broad SMARTS) is 1. The lowest BCUT2D eigenvalue weighted by Crippen LogP contribution is -1.97. The standard InChI is InChI=1S/C8H12O4/c1-7(9)12-6-4-2-3-5-8(10)11/h2,4H,3,5-6H2,1H3,(H,10,11)/b4-2+. The van der Waals surface area contributed by atoms with Gasteiger partial charge in [-0.05, 0) is 6.42 Å². The van der Waals surface area contributed by atoms with Gasteiger partial charge in [-0.2, -0.15) is 0 Å². The van der Waals surface area contributed by atoms with Gasteiger partial charge in [0.05, 0.1) is 0 Å². The Labute approximate surface area is 70.8 Å². The molecule has 68 valence electrons. The van der Waals surface area contributed by atoms with Gasteiger partial charge >= 0.3 is 11.9 Å². The van der Waals surface area contributed by atoms with Crippen LogP contribution in [0.25, 0.3) is 0 Å². The molecule has 1 N–H and O–H groups in total. The number of aliphatic carboxylic acids is 1. The van der Waals surface area contributed by atoms with Crippen molar-refractivity contribution in [3.05, 3.63) is 12.2 Å². The Morgan fingerprint density at radius 1 is 1.42 bits per heavy atom. The zero-order valence-corrected chi connectivity index (χ0v) is 6.95. The molecule has 0 spiro atoms. The zero-order chi connectivity index (χ0) is 9.40. The molecule has 0 aliphatic rings. The molecular formula is C8H12O4. The van der Waals surface area contributed by atoms with Crippen molar-refractivity contribution in [2.24, 2.45) is 0 Å². The van der Waals surface area contributed by atoms with Crippen LogP contribution in [0, 0.1) is 0 Å². The molecule has 0 atom stereocenters. The quantitative estimate of drug-likeness (QED) is 0.495. The molecule has 0 saturated carbocycles. The van der Waals surface area contributed by atoms with Gasteiger partial charge in [0.15, 0.2) is 0 Å². The van der Waals surface area contributed by atoms with Crippen molar-refractivity contribution >= 4 is 11.9 Å². The highest BCUT2D eigenvalue weighted by Crippen LogP contribution is 1.90. The van der Waals surface area contributed by atoms with E-state index in [1.54, 1.807) is 12.2 Å². The van der Waals surface area contributed by atoms with Gasteiger partial charge in [-0.25, -0.2) is 0 Å².